The third-order valence-corrected chi connectivity index (χ3v) is 3.34. The van der Waals surface area contributed by atoms with E-state index in [2.05, 4.69) is 10.4 Å². The summed E-state index contributed by atoms with van der Waals surface area (Å²) in [5.74, 6) is -0.142. The van der Waals surface area contributed by atoms with Crippen LogP contribution in [0, 0.1) is 6.92 Å². The van der Waals surface area contributed by atoms with Crippen LogP contribution in [0.3, 0.4) is 0 Å². The lowest BCUT2D eigenvalue weighted by molar-refractivity contribution is 0.0888. The number of nitrogens with zero attached hydrogens (tertiary/aromatic N) is 2. The summed E-state index contributed by atoms with van der Waals surface area (Å²) in [4.78, 5) is 11.8. The van der Waals surface area contributed by atoms with Crippen molar-refractivity contribution < 1.29 is 9.90 Å². The van der Waals surface area contributed by atoms with Crippen molar-refractivity contribution in [2.75, 3.05) is 13.2 Å². The number of aliphatic hydroxyl groups excluding tert-OH is 1. The Morgan fingerprint density at radius 2 is 2.32 bits per heavy atom. The van der Waals surface area contributed by atoms with Gasteiger partial charge in [-0.15, -0.1) is 0 Å². The number of carbonyl (C=O) groups is 1. The quantitative estimate of drug-likeness (QED) is 0.847. The van der Waals surface area contributed by atoms with Crippen molar-refractivity contribution in [1.82, 2.24) is 15.1 Å². The molecular weight excluding hydrogens is 242 g/mol. The highest BCUT2D eigenvalue weighted by molar-refractivity contribution is 5.94. The Labute approximate surface area is 110 Å². The van der Waals surface area contributed by atoms with Gasteiger partial charge in [0, 0.05) is 12.1 Å². The van der Waals surface area contributed by atoms with E-state index in [0.717, 1.165) is 16.8 Å². The number of aliphatic hydroxyl groups is 1. The van der Waals surface area contributed by atoms with Crippen molar-refractivity contribution in [2.24, 2.45) is 0 Å². The maximum atomic E-state index is 11.8. The van der Waals surface area contributed by atoms with Gasteiger partial charge in [0.1, 0.15) is 5.69 Å². The maximum absolute atomic E-state index is 11.8. The Bertz CT molecular complexity index is 633. The minimum Gasteiger partial charge on any atom is -0.394 e. The second kappa shape index (κ2) is 4.51. The zero-order valence-corrected chi connectivity index (χ0v) is 10.6. The van der Waals surface area contributed by atoms with Crippen molar-refractivity contribution in [3.63, 3.8) is 0 Å². The van der Waals surface area contributed by atoms with Crippen LogP contribution in [0.25, 0.3) is 11.3 Å². The number of hydrogen-bond acceptors (Lipinski definition) is 3. The van der Waals surface area contributed by atoms with Crippen LogP contribution in [0.5, 0.6) is 0 Å². The number of rotatable bonds is 2. The van der Waals surface area contributed by atoms with Gasteiger partial charge < -0.3 is 10.4 Å². The Morgan fingerprint density at radius 3 is 3.05 bits per heavy atom. The first-order chi connectivity index (χ1) is 9.19. The lowest BCUT2D eigenvalue weighted by Gasteiger charge is -2.22. The van der Waals surface area contributed by atoms with Crippen molar-refractivity contribution in [3.8, 4) is 11.3 Å². The molecule has 0 radical (unpaired) electrons. The summed E-state index contributed by atoms with van der Waals surface area (Å²) < 4.78 is 1.62. The van der Waals surface area contributed by atoms with Gasteiger partial charge in [0.25, 0.3) is 5.91 Å². The van der Waals surface area contributed by atoms with Crippen molar-refractivity contribution in [3.05, 3.63) is 41.6 Å². The Balaban J connectivity index is 2.08. The molecule has 5 heteroatoms. The molecule has 0 spiro atoms. The van der Waals surface area contributed by atoms with Gasteiger partial charge in [0.15, 0.2) is 0 Å². The molecule has 5 nitrogen and oxygen atoms in total. The molecule has 1 amide bonds. The van der Waals surface area contributed by atoms with Crippen LogP contribution in [0.4, 0.5) is 0 Å². The van der Waals surface area contributed by atoms with E-state index in [1.807, 2.05) is 31.2 Å². The zero-order chi connectivity index (χ0) is 13.4. The third-order valence-electron chi connectivity index (χ3n) is 3.34. The largest absolute Gasteiger partial charge is 0.394 e. The van der Waals surface area contributed by atoms with Crippen LogP contribution in [0.2, 0.25) is 0 Å². The van der Waals surface area contributed by atoms with Gasteiger partial charge in [-0.05, 0) is 19.1 Å². The van der Waals surface area contributed by atoms with Crippen LogP contribution >= 0.6 is 0 Å². The van der Waals surface area contributed by atoms with Crippen molar-refractivity contribution in [2.45, 2.75) is 13.0 Å². The van der Waals surface area contributed by atoms with Crippen molar-refractivity contribution in [1.29, 1.82) is 0 Å². The lowest BCUT2D eigenvalue weighted by Crippen LogP contribution is -2.40. The molecule has 1 aromatic carbocycles. The predicted octanol–water partition coefficient (Wildman–Crippen LogP) is 1.14. The average Bonchev–Trinajstić information content (AvgIpc) is 2.85. The minimum atomic E-state index is -0.189. The average molecular weight is 257 g/mol. The molecule has 2 N–H and O–H groups in total. The van der Waals surface area contributed by atoms with Gasteiger partial charge >= 0.3 is 0 Å². The van der Waals surface area contributed by atoms with Crippen molar-refractivity contribution >= 4 is 5.91 Å². The van der Waals surface area contributed by atoms with Gasteiger partial charge in [-0.25, -0.2) is 0 Å². The standard InChI is InChI=1S/C14H15N3O2/c1-9-3-2-4-10(5-9)12-6-13-14(19)15-7-11(8-18)17(13)16-12/h2-6,11,18H,7-8H2,1H3,(H,15,19). The molecule has 3 rings (SSSR count). The van der Waals surface area contributed by atoms with Gasteiger partial charge in [0.2, 0.25) is 0 Å². The number of amides is 1. The number of carbonyl (C=O) groups excluding carboxylic acids is 1. The summed E-state index contributed by atoms with van der Waals surface area (Å²) in [5.41, 5.74) is 3.38. The Morgan fingerprint density at radius 1 is 1.47 bits per heavy atom. The highest BCUT2D eigenvalue weighted by atomic mass is 16.3. The molecule has 1 atom stereocenters. The number of nitrogens with one attached hydrogen (secondary N) is 1. The first-order valence-corrected chi connectivity index (χ1v) is 6.24. The fourth-order valence-corrected chi connectivity index (χ4v) is 2.32. The highest BCUT2D eigenvalue weighted by Gasteiger charge is 2.26. The smallest absolute Gasteiger partial charge is 0.269 e. The molecular formula is C14H15N3O2. The van der Waals surface area contributed by atoms with Gasteiger partial charge in [-0.3, -0.25) is 9.48 Å². The number of aromatic nitrogens is 2. The van der Waals surface area contributed by atoms with E-state index >= 15 is 0 Å². The van der Waals surface area contributed by atoms with E-state index in [4.69, 9.17) is 0 Å². The minimum absolute atomic E-state index is 0.0395. The molecule has 0 fully saturated rings. The van der Waals surface area contributed by atoms with E-state index in [1.54, 1.807) is 10.7 Å². The molecule has 1 unspecified atom stereocenters. The molecule has 19 heavy (non-hydrogen) atoms. The zero-order valence-electron chi connectivity index (χ0n) is 10.6. The second-order valence-electron chi connectivity index (χ2n) is 4.78. The molecule has 0 saturated carbocycles. The van der Waals surface area contributed by atoms with Gasteiger partial charge in [-0.1, -0.05) is 23.8 Å². The number of fused-ring (bicyclic) bond motifs is 1. The number of benzene rings is 1. The summed E-state index contributed by atoms with van der Waals surface area (Å²) in [5, 5.41) is 16.6. The fourth-order valence-electron chi connectivity index (χ4n) is 2.32. The second-order valence-corrected chi connectivity index (χ2v) is 4.78. The monoisotopic (exact) mass is 257 g/mol. The molecule has 0 saturated heterocycles. The lowest BCUT2D eigenvalue weighted by atomic mass is 10.1. The molecule has 0 aliphatic carbocycles. The van der Waals surface area contributed by atoms with Gasteiger partial charge in [-0.2, -0.15) is 5.10 Å². The topological polar surface area (TPSA) is 67.2 Å². The first-order valence-electron chi connectivity index (χ1n) is 6.24. The summed E-state index contributed by atoms with van der Waals surface area (Å²) in [6.07, 6.45) is 0. The maximum Gasteiger partial charge on any atom is 0.269 e. The van der Waals surface area contributed by atoms with E-state index in [1.165, 1.54) is 0 Å². The molecule has 2 heterocycles. The van der Waals surface area contributed by atoms with Crippen LogP contribution in [0.15, 0.2) is 30.3 Å². The highest BCUT2D eigenvalue weighted by Crippen LogP contribution is 2.24. The molecule has 2 aromatic rings. The summed E-state index contributed by atoms with van der Waals surface area (Å²) in [6.45, 7) is 2.39. The first kappa shape index (κ1) is 11.9. The summed E-state index contributed by atoms with van der Waals surface area (Å²) in [6, 6.07) is 9.56. The Kier molecular flexibility index (Phi) is 2.83. The van der Waals surface area contributed by atoms with E-state index in [9.17, 15) is 9.90 Å². The van der Waals surface area contributed by atoms with Crippen LogP contribution < -0.4 is 5.32 Å². The molecule has 1 aromatic heterocycles. The van der Waals surface area contributed by atoms with Crippen LogP contribution in [0.1, 0.15) is 22.1 Å². The van der Waals surface area contributed by atoms with Crippen LogP contribution in [-0.2, 0) is 0 Å². The molecule has 1 aliphatic rings. The number of hydrogen-bond donors (Lipinski definition) is 2. The summed E-state index contributed by atoms with van der Waals surface area (Å²) >= 11 is 0. The number of aryl methyl sites for hydroxylation is 1. The van der Waals surface area contributed by atoms with E-state index < -0.39 is 0 Å². The third kappa shape index (κ3) is 2.02. The normalized spacial score (nSPS) is 18.0. The van der Waals surface area contributed by atoms with E-state index in [-0.39, 0.29) is 18.6 Å². The van der Waals surface area contributed by atoms with E-state index in [0.29, 0.717) is 12.2 Å². The SMILES string of the molecule is Cc1cccc(-c2cc3n(n2)C(CO)CNC3=O)c1. The molecule has 1 aliphatic heterocycles. The fraction of sp³-hybridized carbons (Fsp3) is 0.286. The molecule has 0 bridgehead atoms. The summed E-state index contributed by atoms with van der Waals surface area (Å²) in [7, 11) is 0. The van der Waals surface area contributed by atoms with Gasteiger partial charge in [0.05, 0.1) is 18.3 Å². The van der Waals surface area contributed by atoms with Crippen LogP contribution in [-0.4, -0.2) is 33.9 Å². The Hall–Kier alpha value is -2.14. The molecule has 98 valence electrons. The predicted molar refractivity (Wildman–Crippen MR) is 70.9 cm³/mol.